The molecule has 0 spiro atoms. The van der Waals surface area contributed by atoms with Crippen LogP contribution in [0.1, 0.15) is 24.6 Å². The first kappa shape index (κ1) is 16.5. The highest BCUT2D eigenvalue weighted by Crippen LogP contribution is 2.30. The van der Waals surface area contributed by atoms with E-state index in [-0.39, 0.29) is 24.1 Å². The number of aromatic nitrogens is 2. The number of nitrogens with zero attached hydrogens (tertiary/aromatic N) is 3. The van der Waals surface area contributed by atoms with Crippen LogP contribution < -0.4 is 10.5 Å². The fourth-order valence-electron chi connectivity index (χ4n) is 3.78. The van der Waals surface area contributed by atoms with E-state index in [2.05, 4.69) is 18.1 Å². The average molecular weight is 347 g/mol. The van der Waals surface area contributed by atoms with Crippen LogP contribution >= 0.6 is 0 Å². The predicted octanol–water partition coefficient (Wildman–Crippen LogP) is 3.07. The van der Waals surface area contributed by atoms with Crippen LogP contribution in [0.5, 0.6) is 0 Å². The third-order valence-electron chi connectivity index (χ3n) is 5.13. The minimum absolute atomic E-state index is 0.0524. The van der Waals surface area contributed by atoms with Gasteiger partial charge in [0.15, 0.2) is 0 Å². The summed E-state index contributed by atoms with van der Waals surface area (Å²) in [5, 5.41) is 5.80. The average Bonchev–Trinajstić information content (AvgIpc) is 2.65. The van der Waals surface area contributed by atoms with Crippen molar-refractivity contribution in [2.24, 2.45) is 0 Å². The highest BCUT2D eigenvalue weighted by molar-refractivity contribution is 5.95. The molecular weight excluding hydrogens is 326 g/mol. The predicted molar refractivity (Wildman–Crippen MR) is 102 cm³/mol. The van der Waals surface area contributed by atoms with E-state index in [1.54, 1.807) is 6.07 Å². The summed E-state index contributed by atoms with van der Waals surface area (Å²) in [5.41, 5.74) is 2.65. The van der Waals surface area contributed by atoms with Crippen molar-refractivity contribution < 1.29 is 4.79 Å². The van der Waals surface area contributed by atoms with Gasteiger partial charge in [0, 0.05) is 17.1 Å². The van der Waals surface area contributed by atoms with Crippen molar-refractivity contribution in [3.8, 4) is 0 Å². The Bertz CT molecular complexity index is 1050. The van der Waals surface area contributed by atoms with E-state index in [4.69, 9.17) is 0 Å². The second kappa shape index (κ2) is 6.41. The molecule has 0 N–H and O–H groups in total. The highest BCUT2D eigenvalue weighted by Gasteiger charge is 2.28. The maximum Gasteiger partial charge on any atom is 0.275 e. The number of fused-ring (bicyclic) bond motifs is 2. The van der Waals surface area contributed by atoms with Crippen LogP contribution in [-0.2, 0) is 17.8 Å². The van der Waals surface area contributed by atoms with E-state index in [1.807, 2.05) is 48.2 Å². The fraction of sp³-hybridized carbons (Fsp3) is 0.286. The number of amides is 1. The summed E-state index contributed by atoms with van der Waals surface area (Å²) in [7, 11) is 0. The minimum atomic E-state index is -0.225. The van der Waals surface area contributed by atoms with Crippen molar-refractivity contribution in [1.29, 1.82) is 0 Å². The molecule has 0 bridgehead atoms. The van der Waals surface area contributed by atoms with E-state index in [1.165, 1.54) is 10.2 Å². The van der Waals surface area contributed by atoms with Crippen molar-refractivity contribution in [3.63, 3.8) is 0 Å². The fourth-order valence-corrected chi connectivity index (χ4v) is 3.78. The summed E-state index contributed by atoms with van der Waals surface area (Å²) in [6, 6.07) is 15.5. The van der Waals surface area contributed by atoms with Crippen LogP contribution in [0.15, 0.2) is 53.3 Å². The van der Waals surface area contributed by atoms with Gasteiger partial charge in [0.05, 0.1) is 11.1 Å². The molecule has 26 heavy (non-hydrogen) atoms. The Kier molecular flexibility index (Phi) is 4.07. The third kappa shape index (κ3) is 2.69. The largest absolute Gasteiger partial charge is 0.308 e. The minimum Gasteiger partial charge on any atom is -0.308 e. The molecule has 1 aliphatic heterocycles. The SMILES string of the molecule is Cc1nn(CC(=O)N2c3ccccc3CCC2C)c(=O)c2ccccc12. The molecule has 1 atom stereocenters. The Morgan fingerprint density at radius 3 is 2.62 bits per heavy atom. The molecule has 5 nitrogen and oxygen atoms in total. The maximum absolute atomic E-state index is 13.1. The van der Waals surface area contributed by atoms with Crippen molar-refractivity contribution >= 4 is 22.4 Å². The van der Waals surface area contributed by atoms with E-state index in [0.29, 0.717) is 5.39 Å². The second-order valence-electron chi connectivity index (χ2n) is 6.87. The summed E-state index contributed by atoms with van der Waals surface area (Å²) in [4.78, 5) is 27.6. The van der Waals surface area contributed by atoms with E-state index in [0.717, 1.165) is 29.6 Å². The summed E-state index contributed by atoms with van der Waals surface area (Å²) >= 11 is 0. The molecule has 132 valence electrons. The monoisotopic (exact) mass is 347 g/mol. The molecule has 1 unspecified atom stereocenters. The zero-order valence-corrected chi connectivity index (χ0v) is 15.0. The smallest absolute Gasteiger partial charge is 0.275 e. The number of para-hydroxylation sites is 1. The zero-order chi connectivity index (χ0) is 18.3. The van der Waals surface area contributed by atoms with Gasteiger partial charge in [-0.15, -0.1) is 0 Å². The van der Waals surface area contributed by atoms with Gasteiger partial charge < -0.3 is 4.90 Å². The molecule has 0 saturated heterocycles. The van der Waals surface area contributed by atoms with E-state index < -0.39 is 0 Å². The van der Waals surface area contributed by atoms with Crippen molar-refractivity contribution in [2.45, 2.75) is 39.3 Å². The van der Waals surface area contributed by atoms with Gasteiger partial charge in [-0.25, -0.2) is 4.68 Å². The molecule has 5 heteroatoms. The van der Waals surface area contributed by atoms with Crippen LogP contribution in [0.4, 0.5) is 5.69 Å². The molecule has 4 rings (SSSR count). The van der Waals surface area contributed by atoms with Gasteiger partial charge in [0.2, 0.25) is 5.91 Å². The summed E-state index contributed by atoms with van der Waals surface area (Å²) in [5.74, 6) is -0.103. The first-order valence-electron chi connectivity index (χ1n) is 8.92. The van der Waals surface area contributed by atoms with Gasteiger partial charge in [-0.1, -0.05) is 36.4 Å². The first-order valence-corrected chi connectivity index (χ1v) is 8.92. The van der Waals surface area contributed by atoms with Crippen LogP contribution in [0.3, 0.4) is 0 Å². The Hall–Kier alpha value is -2.95. The van der Waals surface area contributed by atoms with E-state index >= 15 is 0 Å². The number of aryl methyl sites for hydroxylation is 2. The van der Waals surface area contributed by atoms with Gasteiger partial charge in [-0.2, -0.15) is 5.10 Å². The molecule has 0 saturated carbocycles. The molecule has 3 aromatic rings. The van der Waals surface area contributed by atoms with Crippen molar-refractivity contribution in [1.82, 2.24) is 9.78 Å². The van der Waals surface area contributed by atoms with Crippen LogP contribution in [0, 0.1) is 6.92 Å². The molecule has 2 heterocycles. The number of hydrogen-bond donors (Lipinski definition) is 0. The molecule has 1 amide bonds. The lowest BCUT2D eigenvalue weighted by Crippen LogP contribution is -2.45. The first-order chi connectivity index (χ1) is 12.6. The molecule has 1 aromatic heterocycles. The lowest BCUT2D eigenvalue weighted by molar-refractivity contribution is -0.120. The molecule has 2 aromatic carbocycles. The van der Waals surface area contributed by atoms with Crippen LogP contribution in [-0.4, -0.2) is 21.7 Å². The third-order valence-corrected chi connectivity index (χ3v) is 5.13. The zero-order valence-electron chi connectivity index (χ0n) is 15.0. The summed E-state index contributed by atoms with van der Waals surface area (Å²) in [6.45, 7) is 3.86. The summed E-state index contributed by atoms with van der Waals surface area (Å²) < 4.78 is 1.30. The number of hydrogen-bond acceptors (Lipinski definition) is 3. The van der Waals surface area contributed by atoms with Crippen LogP contribution in [0.2, 0.25) is 0 Å². The summed E-state index contributed by atoms with van der Waals surface area (Å²) in [6.07, 6.45) is 1.89. The number of carbonyl (C=O) groups is 1. The topological polar surface area (TPSA) is 55.2 Å². The van der Waals surface area contributed by atoms with Gasteiger partial charge >= 0.3 is 0 Å². The number of rotatable bonds is 2. The lowest BCUT2D eigenvalue weighted by atomic mass is 9.96. The van der Waals surface area contributed by atoms with Gasteiger partial charge in [-0.3, -0.25) is 9.59 Å². The van der Waals surface area contributed by atoms with E-state index in [9.17, 15) is 9.59 Å². The standard InChI is InChI=1S/C21H21N3O2/c1-14-11-12-16-7-3-6-10-19(16)24(14)20(25)13-23-21(26)18-9-5-4-8-17(18)15(2)22-23/h3-10,14H,11-13H2,1-2H3. The normalized spacial score (nSPS) is 16.5. The Morgan fingerprint density at radius 1 is 1.12 bits per heavy atom. The van der Waals surface area contributed by atoms with Gasteiger partial charge in [0.1, 0.15) is 6.54 Å². The Labute approximate surface area is 151 Å². The van der Waals surface area contributed by atoms with Gasteiger partial charge in [0.25, 0.3) is 5.56 Å². The molecule has 1 aliphatic rings. The van der Waals surface area contributed by atoms with Crippen molar-refractivity contribution in [3.05, 3.63) is 70.1 Å². The van der Waals surface area contributed by atoms with Gasteiger partial charge in [-0.05, 0) is 44.4 Å². The highest BCUT2D eigenvalue weighted by atomic mass is 16.2. The lowest BCUT2D eigenvalue weighted by Gasteiger charge is -2.35. The Morgan fingerprint density at radius 2 is 1.81 bits per heavy atom. The van der Waals surface area contributed by atoms with Crippen molar-refractivity contribution in [2.75, 3.05) is 4.90 Å². The molecule has 0 aliphatic carbocycles. The second-order valence-corrected chi connectivity index (χ2v) is 6.87. The number of anilines is 1. The maximum atomic E-state index is 13.1. The number of benzene rings is 2. The molecule has 0 fully saturated rings. The number of carbonyl (C=O) groups excluding carboxylic acids is 1. The molecular formula is C21H21N3O2. The van der Waals surface area contributed by atoms with Crippen LogP contribution in [0.25, 0.3) is 10.8 Å². The quantitative estimate of drug-likeness (QED) is 0.716. The molecule has 0 radical (unpaired) electrons. The Balaban J connectivity index is 1.72.